The van der Waals surface area contributed by atoms with E-state index in [2.05, 4.69) is 15.6 Å². The average Bonchev–Trinajstić information content (AvgIpc) is 2.69. The van der Waals surface area contributed by atoms with Gasteiger partial charge in [0, 0.05) is 29.6 Å². The minimum Gasteiger partial charge on any atom is -0.348 e. The van der Waals surface area contributed by atoms with Gasteiger partial charge in [0.1, 0.15) is 0 Å². The fraction of sp³-hybridized carbons (Fsp3) is 0.0952. The fourth-order valence-electron chi connectivity index (χ4n) is 2.49. The van der Waals surface area contributed by atoms with E-state index in [0.29, 0.717) is 28.4 Å². The van der Waals surface area contributed by atoms with Gasteiger partial charge in [0.2, 0.25) is 0 Å². The van der Waals surface area contributed by atoms with Gasteiger partial charge < -0.3 is 10.6 Å². The molecule has 0 saturated carbocycles. The maximum atomic E-state index is 12.5. The molecule has 0 aliphatic carbocycles. The number of benzene rings is 2. The summed E-state index contributed by atoms with van der Waals surface area (Å²) in [5.41, 5.74) is 3.11. The second-order valence-electron chi connectivity index (χ2n) is 6.04. The number of amides is 2. The Kier molecular flexibility index (Phi) is 5.84. The van der Waals surface area contributed by atoms with E-state index in [1.807, 2.05) is 43.3 Å². The molecule has 0 radical (unpaired) electrons. The van der Waals surface area contributed by atoms with E-state index >= 15 is 0 Å². The van der Waals surface area contributed by atoms with Crippen molar-refractivity contribution in [3.05, 3.63) is 94.3 Å². The summed E-state index contributed by atoms with van der Waals surface area (Å²) >= 11 is 5.98. The highest BCUT2D eigenvalue weighted by Gasteiger charge is 2.12. The van der Waals surface area contributed by atoms with Crippen molar-refractivity contribution in [1.82, 2.24) is 10.3 Å². The van der Waals surface area contributed by atoms with Crippen LogP contribution in [0.25, 0.3) is 0 Å². The molecule has 0 bridgehead atoms. The summed E-state index contributed by atoms with van der Waals surface area (Å²) in [6, 6.07) is 16.4. The summed E-state index contributed by atoms with van der Waals surface area (Å²) in [4.78, 5) is 28.9. The summed E-state index contributed by atoms with van der Waals surface area (Å²) in [6.07, 6.45) is 2.85. The van der Waals surface area contributed by atoms with Gasteiger partial charge in [-0.3, -0.25) is 14.6 Å². The Bertz CT molecular complexity index is 974. The van der Waals surface area contributed by atoms with Gasteiger partial charge in [-0.25, -0.2) is 0 Å². The van der Waals surface area contributed by atoms with E-state index in [0.717, 1.165) is 11.1 Å². The molecule has 1 heterocycles. The van der Waals surface area contributed by atoms with Crippen LogP contribution < -0.4 is 10.6 Å². The lowest BCUT2D eigenvalue weighted by molar-refractivity contribution is 0.0950. The van der Waals surface area contributed by atoms with E-state index in [9.17, 15) is 9.59 Å². The molecular formula is C21H18ClN3O2. The minimum atomic E-state index is -0.356. The first-order chi connectivity index (χ1) is 13.0. The molecule has 0 unspecified atom stereocenters. The first kappa shape index (κ1) is 18.6. The van der Waals surface area contributed by atoms with E-state index < -0.39 is 0 Å². The van der Waals surface area contributed by atoms with Gasteiger partial charge in [-0.1, -0.05) is 48.0 Å². The van der Waals surface area contributed by atoms with Gasteiger partial charge in [0.25, 0.3) is 11.8 Å². The first-order valence-electron chi connectivity index (χ1n) is 8.37. The van der Waals surface area contributed by atoms with Crippen LogP contribution in [0.2, 0.25) is 5.02 Å². The zero-order valence-electron chi connectivity index (χ0n) is 14.7. The van der Waals surface area contributed by atoms with Crippen LogP contribution in [0.1, 0.15) is 31.8 Å². The topological polar surface area (TPSA) is 71.1 Å². The molecule has 1 aromatic heterocycles. The van der Waals surface area contributed by atoms with Crippen LogP contribution in [0, 0.1) is 6.92 Å². The van der Waals surface area contributed by atoms with Crippen molar-refractivity contribution in [3.8, 4) is 0 Å². The van der Waals surface area contributed by atoms with Crippen molar-refractivity contribution in [1.29, 1.82) is 0 Å². The summed E-state index contributed by atoms with van der Waals surface area (Å²) in [5, 5.41) is 6.15. The van der Waals surface area contributed by atoms with Crippen molar-refractivity contribution >= 4 is 29.1 Å². The van der Waals surface area contributed by atoms with Crippen LogP contribution in [-0.2, 0) is 6.54 Å². The van der Waals surface area contributed by atoms with Crippen molar-refractivity contribution in [3.63, 3.8) is 0 Å². The molecule has 3 aromatic rings. The largest absolute Gasteiger partial charge is 0.348 e. The first-order valence-corrected chi connectivity index (χ1v) is 8.75. The van der Waals surface area contributed by atoms with Gasteiger partial charge >= 0.3 is 0 Å². The van der Waals surface area contributed by atoms with Crippen LogP contribution in [0.3, 0.4) is 0 Å². The van der Waals surface area contributed by atoms with Gasteiger partial charge in [-0.2, -0.15) is 0 Å². The van der Waals surface area contributed by atoms with E-state index in [4.69, 9.17) is 11.6 Å². The number of carbonyl (C=O) groups excluding carboxylic acids is 2. The van der Waals surface area contributed by atoms with Gasteiger partial charge in [0.05, 0.1) is 11.1 Å². The number of aryl methyl sites for hydroxylation is 1. The molecular weight excluding hydrogens is 362 g/mol. The van der Waals surface area contributed by atoms with Crippen molar-refractivity contribution in [2.45, 2.75) is 13.5 Å². The summed E-state index contributed by atoms with van der Waals surface area (Å²) in [7, 11) is 0. The zero-order chi connectivity index (χ0) is 19.2. The highest BCUT2D eigenvalue weighted by molar-refractivity contribution is 6.31. The SMILES string of the molecule is Cc1ccc(Cl)cc1NC(=O)c1cncc(C(=O)NCc2ccccc2)c1. The third-order valence-electron chi connectivity index (χ3n) is 4.01. The number of hydrogen-bond donors (Lipinski definition) is 2. The number of nitrogens with zero attached hydrogens (tertiary/aromatic N) is 1. The highest BCUT2D eigenvalue weighted by atomic mass is 35.5. The molecule has 3 rings (SSSR count). The van der Waals surface area contributed by atoms with E-state index in [-0.39, 0.29) is 11.8 Å². The summed E-state index contributed by atoms with van der Waals surface area (Å²) in [5.74, 6) is -0.648. The predicted octanol–water partition coefficient (Wildman–Crippen LogP) is 4.23. The Morgan fingerprint density at radius 3 is 2.41 bits per heavy atom. The third kappa shape index (κ3) is 4.92. The third-order valence-corrected chi connectivity index (χ3v) is 4.24. The molecule has 0 saturated heterocycles. The van der Waals surface area contributed by atoms with E-state index in [1.165, 1.54) is 18.5 Å². The highest BCUT2D eigenvalue weighted by Crippen LogP contribution is 2.21. The molecule has 0 spiro atoms. The Hall–Kier alpha value is -3.18. The van der Waals surface area contributed by atoms with Crippen LogP contribution in [0.4, 0.5) is 5.69 Å². The minimum absolute atomic E-state index is 0.292. The van der Waals surface area contributed by atoms with Crippen molar-refractivity contribution in [2.75, 3.05) is 5.32 Å². The molecule has 136 valence electrons. The molecule has 5 nitrogen and oxygen atoms in total. The Morgan fingerprint density at radius 2 is 1.67 bits per heavy atom. The number of nitrogens with one attached hydrogen (secondary N) is 2. The number of aromatic nitrogens is 1. The number of carbonyl (C=O) groups is 2. The zero-order valence-corrected chi connectivity index (χ0v) is 15.5. The molecule has 0 aliphatic heterocycles. The fourth-order valence-corrected chi connectivity index (χ4v) is 2.66. The van der Waals surface area contributed by atoms with Gasteiger partial charge in [-0.15, -0.1) is 0 Å². The lowest BCUT2D eigenvalue weighted by Crippen LogP contribution is -2.23. The number of hydrogen-bond acceptors (Lipinski definition) is 3. The Balaban J connectivity index is 1.69. The number of anilines is 1. The van der Waals surface area contributed by atoms with E-state index in [1.54, 1.807) is 12.1 Å². The molecule has 2 N–H and O–H groups in total. The molecule has 2 amide bonds. The summed E-state index contributed by atoms with van der Waals surface area (Å²) in [6.45, 7) is 2.27. The smallest absolute Gasteiger partial charge is 0.257 e. The molecule has 6 heteroatoms. The van der Waals surface area contributed by atoms with Crippen LogP contribution in [-0.4, -0.2) is 16.8 Å². The van der Waals surface area contributed by atoms with Crippen LogP contribution in [0.15, 0.2) is 67.0 Å². The second-order valence-corrected chi connectivity index (χ2v) is 6.48. The average molecular weight is 380 g/mol. The number of rotatable bonds is 5. The van der Waals surface area contributed by atoms with Crippen LogP contribution >= 0.6 is 11.6 Å². The lowest BCUT2D eigenvalue weighted by Gasteiger charge is -2.10. The number of halogens is 1. The Morgan fingerprint density at radius 1 is 0.963 bits per heavy atom. The van der Waals surface area contributed by atoms with Crippen molar-refractivity contribution in [2.24, 2.45) is 0 Å². The lowest BCUT2D eigenvalue weighted by atomic mass is 10.1. The maximum absolute atomic E-state index is 12.5. The summed E-state index contributed by atoms with van der Waals surface area (Å²) < 4.78 is 0. The second kappa shape index (κ2) is 8.47. The van der Waals surface area contributed by atoms with Gasteiger partial charge in [0.15, 0.2) is 0 Å². The normalized spacial score (nSPS) is 10.3. The van der Waals surface area contributed by atoms with Crippen molar-refractivity contribution < 1.29 is 9.59 Å². The number of pyridine rings is 1. The predicted molar refractivity (Wildman–Crippen MR) is 106 cm³/mol. The molecule has 27 heavy (non-hydrogen) atoms. The van der Waals surface area contributed by atoms with Gasteiger partial charge in [-0.05, 0) is 36.2 Å². The Labute approximate surface area is 162 Å². The standard InChI is InChI=1S/C21H18ClN3O2/c1-14-7-8-18(22)10-19(14)25-21(27)17-9-16(12-23-13-17)20(26)24-11-15-5-3-2-4-6-15/h2-10,12-13H,11H2,1H3,(H,24,26)(H,25,27). The quantitative estimate of drug-likeness (QED) is 0.697. The molecule has 2 aromatic carbocycles. The maximum Gasteiger partial charge on any atom is 0.257 e. The molecule has 0 aliphatic rings. The monoisotopic (exact) mass is 379 g/mol. The molecule has 0 fully saturated rings. The van der Waals surface area contributed by atoms with Crippen LogP contribution in [0.5, 0.6) is 0 Å². The molecule has 0 atom stereocenters.